The Bertz CT molecular complexity index is 527. The lowest BCUT2D eigenvalue weighted by atomic mass is 10.1. The number of ether oxygens (including phenoxy) is 1. The van der Waals surface area contributed by atoms with Gasteiger partial charge in [0.1, 0.15) is 6.04 Å². The van der Waals surface area contributed by atoms with Crippen LogP contribution < -0.4 is 21.7 Å². The summed E-state index contributed by atoms with van der Waals surface area (Å²) >= 11 is 0. The van der Waals surface area contributed by atoms with E-state index in [1.54, 1.807) is 18.2 Å². The molecule has 0 aliphatic carbocycles. The van der Waals surface area contributed by atoms with E-state index in [1.165, 1.54) is 0 Å². The number of nitrogens with two attached hydrogens (primary N) is 1. The minimum atomic E-state index is -0.617. The summed E-state index contributed by atoms with van der Waals surface area (Å²) in [4.78, 5) is 22.9. The molecular weight excluding hydrogens is 308 g/mol. The number of nitrogens with one attached hydrogen (secondary N) is 3. The molecule has 0 saturated carbocycles. The predicted octanol–water partition coefficient (Wildman–Crippen LogP) is 0.592. The fourth-order valence-corrected chi connectivity index (χ4v) is 2.23. The zero-order chi connectivity index (χ0) is 15.2. The van der Waals surface area contributed by atoms with Crippen LogP contribution in [0.25, 0.3) is 0 Å². The van der Waals surface area contributed by atoms with Crippen LogP contribution in [0.2, 0.25) is 0 Å². The molecule has 1 aromatic rings. The maximum absolute atomic E-state index is 12.1. The van der Waals surface area contributed by atoms with Gasteiger partial charge in [0.2, 0.25) is 5.91 Å². The number of primary amides is 1. The Morgan fingerprint density at radius 3 is 2.91 bits per heavy atom. The number of rotatable bonds is 4. The van der Waals surface area contributed by atoms with Gasteiger partial charge in [-0.3, -0.25) is 4.79 Å². The molecule has 2 rings (SSSR count). The van der Waals surface area contributed by atoms with E-state index in [0.717, 1.165) is 5.56 Å². The number of anilines is 1. The number of amides is 3. The minimum absolute atomic E-state index is 0. The van der Waals surface area contributed by atoms with Crippen LogP contribution in [0, 0.1) is 0 Å². The zero-order valence-corrected chi connectivity index (χ0v) is 13.1. The molecule has 5 N–H and O–H groups in total. The Labute approximate surface area is 135 Å². The molecule has 0 aromatic heterocycles. The number of benzene rings is 1. The Hall–Kier alpha value is -1.83. The molecule has 8 heteroatoms. The lowest BCUT2D eigenvalue weighted by Gasteiger charge is -2.29. The van der Waals surface area contributed by atoms with Crippen molar-refractivity contribution in [3.8, 4) is 0 Å². The number of urea groups is 1. The topological polar surface area (TPSA) is 105 Å². The summed E-state index contributed by atoms with van der Waals surface area (Å²) < 4.78 is 5.44. The van der Waals surface area contributed by atoms with Crippen LogP contribution in [0.4, 0.5) is 10.5 Å². The second kappa shape index (κ2) is 8.57. The van der Waals surface area contributed by atoms with Gasteiger partial charge < -0.3 is 26.4 Å². The number of hydrogen-bond acceptors (Lipinski definition) is 4. The Balaban J connectivity index is 0.00000242. The molecule has 1 aliphatic rings. The minimum Gasteiger partial charge on any atom is -0.375 e. The first-order valence-corrected chi connectivity index (χ1v) is 6.84. The number of hydrogen-bond donors (Lipinski definition) is 4. The van der Waals surface area contributed by atoms with Crippen LogP contribution in [-0.2, 0) is 16.1 Å². The number of carbonyl (C=O) groups excluding carboxylic acids is 2. The molecule has 1 fully saturated rings. The summed E-state index contributed by atoms with van der Waals surface area (Å²) in [5.41, 5.74) is 6.54. The van der Waals surface area contributed by atoms with Crippen molar-refractivity contribution < 1.29 is 14.3 Å². The molecule has 0 bridgehead atoms. The van der Waals surface area contributed by atoms with Crippen molar-refractivity contribution >= 4 is 30.0 Å². The molecule has 3 amide bonds. The molecule has 1 aliphatic heterocycles. The van der Waals surface area contributed by atoms with E-state index in [0.29, 0.717) is 25.4 Å². The SMILES string of the molecule is C[C@H]1OCCN[C@@H]1C(=O)NCc1cccc(NC(N)=O)c1.Cl. The summed E-state index contributed by atoms with van der Waals surface area (Å²) in [7, 11) is 0. The molecule has 2 atom stereocenters. The highest BCUT2D eigenvalue weighted by atomic mass is 35.5. The van der Waals surface area contributed by atoms with E-state index in [4.69, 9.17) is 10.5 Å². The largest absolute Gasteiger partial charge is 0.375 e. The summed E-state index contributed by atoms with van der Waals surface area (Å²) in [5, 5.41) is 8.48. The average Bonchev–Trinajstić information content (AvgIpc) is 2.45. The molecule has 7 nitrogen and oxygen atoms in total. The van der Waals surface area contributed by atoms with E-state index >= 15 is 0 Å². The first kappa shape index (κ1) is 18.2. The van der Waals surface area contributed by atoms with Crippen LogP contribution in [0.15, 0.2) is 24.3 Å². The normalized spacial score (nSPS) is 20.6. The van der Waals surface area contributed by atoms with Crippen LogP contribution in [0.1, 0.15) is 12.5 Å². The van der Waals surface area contributed by atoms with Gasteiger partial charge in [-0.25, -0.2) is 4.79 Å². The van der Waals surface area contributed by atoms with Crippen molar-refractivity contribution in [1.82, 2.24) is 10.6 Å². The molecule has 0 radical (unpaired) electrons. The van der Waals surface area contributed by atoms with Crippen LogP contribution >= 0.6 is 12.4 Å². The van der Waals surface area contributed by atoms with E-state index < -0.39 is 6.03 Å². The van der Waals surface area contributed by atoms with Crippen molar-refractivity contribution in [2.75, 3.05) is 18.5 Å². The smallest absolute Gasteiger partial charge is 0.316 e. The number of halogens is 1. The Morgan fingerprint density at radius 2 is 2.23 bits per heavy atom. The van der Waals surface area contributed by atoms with Crippen molar-refractivity contribution in [3.63, 3.8) is 0 Å². The van der Waals surface area contributed by atoms with Gasteiger partial charge in [-0.05, 0) is 24.6 Å². The third-order valence-electron chi connectivity index (χ3n) is 3.26. The standard InChI is InChI=1S/C14H20N4O3.ClH/c1-9-12(16-5-6-21-9)13(19)17-8-10-3-2-4-11(7-10)18-14(15)20;/h2-4,7,9,12,16H,5-6,8H2,1H3,(H,17,19)(H3,15,18,20);1H/t9-,12+;/m1./s1. The zero-order valence-electron chi connectivity index (χ0n) is 12.3. The van der Waals surface area contributed by atoms with Gasteiger partial charge in [-0.2, -0.15) is 0 Å². The lowest BCUT2D eigenvalue weighted by Crippen LogP contribution is -2.55. The predicted molar refractivity (Wildman–Crippen MR) is 85.9 cm³/mol. The second-order valence-electron chi connectivity index (χ2n) is 4.92. The van der Waals surface area contributed by atoms with Gasteiger partial charge in [0.25, 0.3) is 0 Å². The molecule has 1 saturated heterocycles. The van der Waals surface area contributed by atoms with Crippen LogP contribution in [0.3, 0.4) is 0 Å². The summed E-state index contributed by atoms with van der Waals surface area (Å²) in [5.74, 6) is -0.101. The van der Waals surface area contributed by atoms with Crippen molar-refractivity contribution in [3.05, 3.63) is 29.8 Å². The Kier molecular flexibility index (Phi) is 7.10. The monoisotopic (exact) mass is 328 g/mol. The summed E-state index contributed by atoms with van der Waals surface area (Å²) in [6.07, 6.45) is -0.151. The van der Waals surface area contributed by atoms with Gasteiger partial charge in [0.15, 0.2) is 0 Å². The van der Waals surface area contributed by atoms with Crippen molar-refractivity contribution in [2.45, 2.75) is 25.6 Å². The number of morpholine rings is 1. The van der Waals surface area contributed by atoms with Gasteiger partial charge in [-0.15, -0.1) is 12.4 Å². The molecule has 1 aromatic carbocycles. The first-order chi connectivity index (χ1) is 10.1. The fourth-order valence-electron chi connectivity index (χ4n) is 2.23. The van der Waals surface area contributed by atoms with Gasteiger partial charge >= 0.3 is 6.03 Å². The van der Waals surface area contributed by atoms with Crippen LogP contribution in [0.5, 0.6) is 0 Å². The molecule has 1 heterocycles. The van der Waals surface area contributed by atoms with Gasteiger partial charge in [-0.1, -0.05) is 12.1 Å². The highest BCUT2D eigenvalue weighted by Gasteiger charge is 2.27. The van der Waals surface area contributed by atoms with Crippen molar-refractivity contribution in [2.24, 2.45) is 5.73 Å². The maximum Gasteiger partial charge on any atom is 0.316 e. The highest BCUT2D eigenvalue weighted by molar-refractivity contribution is 5.87. The van der Waals surface area contributed by atoms with Gasteiger partial charge in [0.05, 0.1) is 12.7 Å². The molecule has 0 spiro atoms. The van der Waals surface area contributed by atoms with Crippen molar-refractivity contribution in [1.29, 1.82) is 0 Å². The van der Waals surface area contributed by atoms with Crippen LogP contribution in [-0.4, -0.2) is 37.2 Å². The molecule has 22 heavy (non-hydrogen) atoms. The fraction of sp³-hybridized carbons (Fsp3) is 0.429. The third-order valence-corrected chi connectivity index (χ3v) is 3.26. The highest BCUT2D eigenvalue weighted by Crippen LogP contribution is 2.10. The van der Waals surface area contributed by atoms with E-state index in [1.807, 2.05) is 13.0 Å². The second-order valence-corrected chi connectivity index (χ2v) is 4.92. The molecular formula is C14H21ClN4O3. The van der Waals surface area contributed by atoms with E-state index in [9.17, 15) is 9.59 Å². The van der Waals surface area contributed by atoms with E-state index in [-0.39, 0.29) is 30.5 Å². The third kappa shape index (κ3) is 5.18. The quantitative estimate of drug-likeness (QED) is 0.649. The maximum atomic E-state index is 12.1. The lowest BCUT2D eigenvalue weighted by molar-refractivity contribution is -0.129. The first-order valence-electron chi connectivity index (χ1n) is 6.84. The summed E-state index contributed by atoms with van der Waals surface area (Å²) in [6.45, 7) is 3.53. The average molecular weight is 329 g/mol. The summed E-state index contributed by atoms with van der Waals surface area (Å²) in [6, 6.07) is 6.19. The van der Waals surface area contributed by atoms with Gasteiger partial charge in [0, 0.05) is 18.8 Å². The Morgan fingerprint density at radius 1 is 1.45 bits per heavy atom. The molecule has 122 valence electrons. The molecule has 0 unspecified atom stereocenters. The van der Waals surface area contributed by atoms with E-state index in [2.05, 4.69) is 16.0 Å². The number of carbonyl (C=O) groups is 2.